The van der Waals surface area contributed by atoms with E-state index in [0.29, 0.717) is 6.04 Å². The second kappa shape index (κ2) is 4.83. The number of fused-ring (bicyclic) bond motifs is 1. The Balaban J connectivity index is 1.82. The molecule has 2 nitrogen and oxygen atoms in total. The van der Waals surface area contributed by atoms with Crippen LogP contribution in [0.3, 0.4) is 0 Å². The summed E-state index contributed by atoms with van der Waals surface area (Å²) in [6.45, 7) is 0.112. The number of aryl methyl sites for hydroxylation is 1. The summed E-state index contributed by atoms with van der Waals surface area (Å²) in [6, 6.07) is 17.1. The van der Waals surface area contributed by atoms with Crippen LogP contribution in [0.25, 0.3) is 0 Å². The zero-order chi connectivity index (χ0) is 12.4. The normalized spacial score (nSPS) is 17.9. The van der Waals surface area contributed by atoms with Gasteiger partial charge < -0.3 is 10.4 Å². The molecular weight excluding hydrogens is 222 g/mol. The molecule has 0 saturated heterocycles. The van der Waals surface area contributed by atoms with E-state index in [2.05, 4.69) is 41.7 Å². The molecule has 18 heavy (non-hydrogen) atoms. The highest BCUT2D eigenvalue weighted by atomic mass is 16.3. The van der Waals surface area contributed by atoms with Crippen LogP contribution >= 0.6 is 0 Å². The Bertz CT molecular complexity index is 533. The average Bonchev–Trinajstić information content (AvgIpc) is 2.47. The smallest absolute Gasteiger partial charge is 0.0681 e. The fourth-order valence-electron chi connectivity index (χ4n) is 2.54. The summed E-state index contributed by atoms with van der Waals surface area (Å²) < 4.78 is 0. The topological polar surface area (TPSA) is 32.3 Å². The van der Waals surface area contributed by atoms with Crippen molar-refractivity contribution in [2.75, 3.05) is 5.32 Å². The fourth-order valence-corrected chi connectivity index (χ4v) is 2.54. The van der Waals surface area contributed by atoms with Crippen LogP contribution in [0.4, 0.5) is 5.69 Å². The minimum atomic E-state index is 0.112. The molecule has 0 fully saturated rings. The summed E-state index contributed by atoms with van der Waals surface area (Å²) in [7, 11) is 0. The Morgan fingerprint density at radius 1 is 1.06 bits per heavy atom. The highest BCUT2D eigenvalue weighted by molar-refractivity contribution is 5.54. The van der Waals surface area contributed by atoms with Crippen molar-refractivity contribution in [3.05, 3.63) is 65.2 Å². The molecule has 0 aliphatic carbocycles. The van der Waals surface area contributed by atoms with Gasteiger partial charge in [-0.15, -0.1) is 0 Å². The molecule has 2 N–H and O–H groups in total. The van der Waals surface area contributed by atoms with E-state index < -0.39 is 0 Å². The zero-order valence-electron chi connectivity index (χ0n) is 10.3. The van der Waals surface area contributed by atoms with Crippen LogP contribution in [0.2, 0.25) is 0 Å². The molecule has 0 aromatic heterocycles. The number of benzene rings is 2. The van der Waals surface area contributed by atoms with Gasteiger partial charge in [0.05, 0.1) is 12.6 Å². The van der Waals surface area contributed by atoms with Crippen molar-refractivity contribution in [1.29, 1.82) is 0 Å². The maximum atomic E-state index is 9.05. The molecule has 0 saturated carbocycles. The van der Waals surface area contributed by atoms with Crippen LogP contribution in [0.1, 0.15) is 29.2 Å². The number of hydrogen-bond acceptors (Lipinski definition) is 2. The third kappa shape index (κ3) is 2.12. The monoisotopic (exact) mass is 239 g/mol. The van der Waals surface area contributed by atoms with Crippen LogP contribution in [-0.2, 0) is 13.0 Å². The summed E-state index contributed by atoms with van der Waals surface area (Å²) in [5, 5.41) is 12.6. The molecule has 2 aromatic carbocycles. The quantitative estimate of drug-likeness (QED) is 0.843. The standard InChI is InChI=1S/C16H17NO/c18-11-12-5-7-14(8-6-12)16-10-9-13-3-1-2-4-15(13)17-16/h1-8,16-18H,9-11H2. The highest BCUT2D eigenvalue weighted by Gasteiger charge is 2.18. The number of hydrogen-bond donors (Lipinski definition) is 2. The number of rotatable bonds is 2. The Morgan fingerprint density at radius 3 is 2.61 bits per heavy atom. The minimum absolute atomic E-state index is 0.112. The largest absolute Gasteiger partial charge is 0.392 e. The van der Waals surface area contributed by atoms with Gasteiger partial charge in [0, 0.05) is 5.69 Å². The van der Waals surface area contributed by atoms with Crippen molar-refractivity contribution in [3.63, 3.8) is 0 Å². The predicted molar refractivity (Wildman–Crippen MR) is 73.5 cm³/mol. The molecule has 92 valence electrons. The molecule has 0 bridgehead atoms. The molecule has 3 rings (SSSR count). The van der Waals surface area contributed by atoms with Crippen molar-refractivity contribution >= 4 is 5.69 Å². The van der Waals surface area contributed by atoms with Gasteiger partial charge in [-0.05, 0) is 35.6 Å². The number of nitrogens with one attached hydrogen (secondary N) is 1. The van der Waals surface area contributed by atoms with E-state index in [0.717, 1.165) is 18.4 Å². The van der Waals surface area contributed by atoms with Crippen LogP contribution in [0.15, 0.2) is 48.5 Å². The lowest BCUT2D eigenvalue weighted by Crippen LogP contribution is -2.17. The third-order valence-electron chi connectivity index (χ3n) is 3.61. The van der Waals surface area contributed by atoms with Gasteiger partial charge in [0.25, 0.3) is 0 Å². The van der Waals surface area contributed by atoms with E-state index in [4.69, 9.17) is 5.11 Å². The maximum absolute atomic E-state index is 9.05. The average molecular weight is 239 g/mol. The number of aliphatic hydroxyl groups excluding tert-OH is 1. The molecule has 0 spiro atoms. The van der Waals surface area contributed by atoms with Crippen molar-refractivity contribution in [3.8, 4) is 0 Å². The van der Waals surface area contributed by atoms with Gasteiger partial charge in [0.1, 0.15) is 0 Å². The molecule has 1 atom stereocenters. The highest BCUT2D eigenvalue weighted by Crippen LogP contribution is 2.32. The molecular formula is C16H17NO. The molecule has 1 aliphatic heterocycles. The van der Waals surface area contributed by atoms with Gasteiger partial charge in [0.2, 0.25) is 0 Å². The van der Waals surface area contributed by atoms with Crippen LogP contribution in [0.5, 0.6) is 0 Å². The Hall–Kier alpha value is -1.80. The van der Waals surface area contributed by atoms with E-state index in [1.165, 1.54) is 16.8 Å². The van der Waals surface area contributed by atoms with Gasteiger partial charge in [-0.3, -0.25) is 0 Å². The van der Waals surface area contributed by atoms with E-state index in [9.17, 15) is 0 Å². The fraction of sp³-hybridized carbons (Fsp3) is 0.250. The molecule has 0 amide bonds. The lowest BCUT2D eigenvalue weighted by Gasteiger charge is -2.27. The number of aliphatic hydroxyl groups is 1. The second-order valence-electron chi connectivity index (χ2n) is 4.79. The number of para-hydroxylation sites is 1. The Labute approximate surface area is 107 Å². The van der Waals surface area contributed by atoms with Gasteiger partial charge in [0.15, 0.2) is 0 Å². The second-order valence-corrected chi connectivity index (χ2v) is 4.79. The van der Waals surface area contributed by atoms with Crippen molar-refractivity contribution in [2.45, 2.75) is 25.5 Å². The first-order valence-electron chi connectivity index (χ1n) is 6.41. The first-order chi connectivity index (χ1) is 8.86. The third-order valence-corrected chi connectivity index (χ3v) is 3.61. The van der Waals surface area contributed by atoms with Crippen LogP contribution in [0, 0.1) is 0 Å². The Kier molecular flexibility index (Phi) is 3.03. The first kappa shape index (κ1) is 11.3. The summed E-state index contributed by atoms with van der Waals surface area (Å²) in [6.07, 6.45) is 2.24. The maximum Gasteiger partial charge on any atom is 0.0681 e. The van der Waals surface area contributed by atoms with E-state index in [1.807, 2.05) is 12.1 Å². The van der Waals surface area contributed by atoms with E-state index >= 15 is 0 Å². The SMILES string of the molecule is OCc1ccc(C2CCc3ccccc3N2)cc1. The van der Waals surface area contributed by atoms with Crippen LogP contribution < -0.4 is 5.32 Å². The molecule has 2 heteroatoms. The lowest BCUT2D eigenvalue weighted by atomic mass is 9.93. The summed E-state index contributed by atoms with van der Waals surface area (Å²) in [5.74, 6) is 0. The summed E-state index contributed by atoms with van der Waals surface area (Å²) >= 11 is 0. The van der Waals surface area contributed by atoms with Gasteiger partial charge in [-0.1, -0.05) is 42.5 Å². The van der Waals surface area contributed by atoms with Crippen molar-refractivity contribution < 1.29 is 5.11 Å². The van der Waals surface area contributed by atoms with Gasteiger partial charge >= 0.3 is 0 Å². The summed E-state index contributed by atoms with van der Waals surface area (Å²) in [4.78, 5) is 0. The van der Waals surface area contributed by atoms with Crippen molar-refractivity contribution in [1.82, 2.24) is 0 Å². The predicted octanol–water partition coefficient (Wildman–Crippen LogP) is 3.28. The Morgan fingerprint density at radius 2 is 1.83 bits per heavy atom. The first-order valence-corrected chi connectivity index (χ1v) is 6.41. The van der Waals surface area contributed by atoms with E-state index in [-0.39, 0.29) is 6.61 Å². The number of anilines is 1. The molecule has 1 unspecified atom stereocenters. The van der Waals surface area contributed by atoms with Crippen molar-refractivity contribution in [2.24, 2.45) is 0 Å². The minimum Gasteiger partial charge on any atom is -0.392 e. The van der Waals surface area contributed by atoms with Gasteiger partial charge in [-0.25, -0.2) is 0 Å². The van der Waals surface area contributed by atoms with E-state index in [1.54, 1.807) is 0 Å². The lowest BCUT2D eigenvalue weighted by molar-refractivity contribution is 0.282. The molecule has 2 aromatic rings. The van der Waals surface area contributed by atoms with Gasteiger partial charge in [-0.2, -0.15) is 0 Å². The zero-order valence-corrected chi connectivity index (χ0v) is 10.3. The molecule has 1 aliphatic rings. The van der Waals surface area contributed by atoms with Crippen LogP contribution in [-0.4, -0.2) is 5.11 Å². The molecule has 1 heterocycles. The summed E-state index contributed by atoms with van der Waals surface area (Å²) in [5.41, 5.74) is 4.91. The molecule has 0 radical (unpaired) electrons.